The summed E-state index contributed by atoms with van der Waals surface area (Å²) in [6.45, 7) is 3.40. The van der Waals surface area contributed by atoms with E-state index in [2.05, 4.69) is 10.5 Å². The summed E-state index contributed by atoms with van der Waals surface area (Å²) in [5.74, 6) is -0.286. The maximum Gasteiger partial charge on any atom is 0.344 e. The maximum absolute atomic E-state index is 12.0. The molecule has 0 aromatic heterocycles. The van der Waals surface area contributed by atoms with Crippen molar-refractivity contribution in [1.82, 2.24) is 5.43 Å². The van der Waals surface area contributed by atoms with Crippen LogP contribution in [0, 0.1) is 0 Å². The van der Waals surface area contributed by atoms with Crippen LogP contribution in [-0.4, -0.2) is 30.8 Å². The van der Waals surface area contributed by atoms with Gasteiger partial charge in [-0.1, -0.05) is 23.7 Å². The number of amides is 1. The molecule has 7 heteroatoms. The summed E-state index contributed by atoms with van der Waals surface area (Å²) in [5.41, 5.74) is 3.52. The average Bonchev–Trinajstić information content (AvgIpc) is 2.61. The maximum atomic E-state index is 12.0. The summed E-state index contributed by atoms with van der Waals surface area (Å²) in [5, 5.41) is 4.26. The van der Waals surface area contributed by atoms with Gasteiger partial charge < -0.3 is 9.47 Å². The van der Waals surface area contributed by atoms with Crippen molar-refractivity contribution in [3.63, 3.8) is 0 Å². The van der Waals surface area contributed by atoms with Gasteiger partial charge in [-0.25, -0.2) is 10.2 Å². The predicted molar refractivity (Wildman–Crippen MR) is 99.7 cm³/mol. The molecule has 0 bridgehead atoms. The Balaban J connectivity index is 1.85. The molecule has 0 atom stereocenters. The largest absolute Gasteiger partial charge is 0.482 e. The number of hydrazone groups is 1. The molecule has 0 heterocycles. The SMILES string of the molecule is CC(C)OC(=O)COc1ccc(/C=N\NC(=O)c2ccccc2Cl)cc1. The zero-order valence-corrected chi connectivity index (χ0v) is 15.2. The molecule has 0 saturated heterocycles. The van der Waals surface area contributed by atoms with Crippen LogP contribution >= 0.6 is 11.6 Å². The number of nitrogens with zero attached hydrogens (tertiary/aromatic N) is 1. The van der Waals surface area contributed by atoms with Crippen LogP contribution in [-0.2, 0) is 9.53 Å². The molecule has 2 aromatic carbocycles. The number of nitrogens with one attached hydrogen (secondary N) is 1. The Morgan fingerprint density at radius 2 is 1.85 bits per heavy atom. The van der Waals surface area contributed by atoms with E-state index in [9.17, 15) is 9.59 Å². The summed E-state index contributed by atoms with van der Waals surface area (Å²) < 4.78 is 10.3. The van der Waals surface area contributed by atoms with Gasteiger partial charge in [-0.2, -0.15) is 5.10 Å². The number of carbonyl (C=O) groups excluding carboxylic acids is 2. The quantitative estimate of drug-likeness (QED) is 0.457. The van der Waals surface area contributed by atoms with Crippen molar-refractivity contribution in [3.05, 3.63) is 64.7 Å². The van der Waals surface area contributed by atoms with Gasteiger partial charge in [-0.05, 0) is 55.8 Å². The van der Waals surface area contributed by atoms with E-state index in [4.69, 9.17) is 21.1 Å². The molecule has 0 unspecified atom stereocenters. The number of carbonyl (C=O) groups is 2. The lowest BCUT2D eigenvalue weighted by molar-refractivity contribution is -0.149. The van der Waals surface area contributed by atoms with Crippen molar-refractivity contribution < 1.29 is 19.1 Å². The van der Waals surface area contributed by atoms with E-state index >= 15 is 0 Å². The molecule has 1 amide bonds. The molecule has 0 aliphatic rings. The van der Waals surface area contributed by atoms with Crippen LogP contribution in [0.2, 0.25) is 5.02 Å². The number of esters is 1. The molecular weight excluding hydrogens is 356 g/mol. The minimum atomic E-state index is -0.423. The zero-order valence-electron chi connectivity index (χ0n) is 14.4. The molecule has 0 saturated carbocycles. The Kier molecular flexibility index (Phi) is 7.17. The molecule has 26 heavy (non-hydrogen) atoms. The van der Waals surface area contributed by atoms with Crippen molar-refractivity contribution in [2.24, 2.45) is 5.10 Å². The second kappa shape index (κ2) is 9.58. The number of benzene rings is 2. The topological polar surface area (TPSA) is 77.0 Å². The van der Waals surface area contributed by atoms with Gasteiger partial charge in [-0.3, -0.25) is 4.79 Å². The van der Waals surface area contributed by atoms with Gasteiger partial charge in [0.25, 0.3) is 5.91 Å². The third-order valence-electron chi connectivity index (χ3n) is 3.10. The van der Waals surface area contributed by atoms with Gasteiger partial charge in [-0.15, -0.1) is 0 Å². The molecule has 136 valence electrons. The second-order valence-electron chi connectivity index (χ2n) is 5.58. The van der Waals surface area contributed by atoms with E-state index in [0.29, 0.717) is 16.3 Å². The van der Waals surface area contributed by atoms with Crippen LogP contribution in [0.4, 0.5) is 0 Å². The molecule has 0 radical (unpaired) electrons. The second-order valence-corrected chi connectivity index (χ2v) is 5.98. The van der Waals surface area contributed by atoms with E-state index in [1.807, 2.05) is 0 Å². The van der Waals surface area contributed by atoms with Gasteiger partial charge in [0, 0.05) is 0 Å². The first-order valence-electron chi connectivity index (χ1n) is 7.96. The fraction of sp³-hybridized carbons (Fsp3) is 0.211. The number of ether oxygens (including phenoxy) is 2. The van der Waals surface area contributed by atoms with E-state index in [1.54, 1.807) is 62.4 Å². The summed E-state index contributed by atoms with van der Waals surface area (Å²) >= 11 is 5.95. The van der Waals surface area contributed by atoms with E-state index in [0.717, 1.165) is 5.56 Å². The highest BCUT2D eigenvalue weighted by Crippen LogP contribution is 2.14. The van der Waals surface area contributed by atoms with Crippen molar-refractivity contribution in [1.29, 1.82) is 0 Å². The lowest BCUT2D eigenvalue weighted by Gasteiger charge is -2.09. The van der Waals surface area contributed by atoms with E-state index in [1.165, 1.54) is 6.21 Å². The molecular formula is C19H19ClN2O4. The molecule has 2 rings (SSSR count). The Morgan fingerprint density at radius 3 is 2.50 bits per heavy atom. The number of rotatable bonds is 7. The normalized spacial score (nSPS) is 10.8. The minimum Gasteiger partial charge on any atom is -0.482 e. The molecule has 0 aliphatic heterocycles. The lowest BCUT2D eigenvalue weighted by Crippen LogP contribution is -2.18. The van der Waals surface area contributed by atoms with E-state index < -0.39 is 11.9 Å². The Labute approximate surface area is 156 Å². The third kappa shape index (κ3) is 6.22. The van der Waals surface area contributed by atoms with Crippen LogP contribution in [0.5, 0.6) is 5.75 Å². The van der Waals surface area contributed by atoms with Crippen molar-refractivity contribution in [2.45, 2.75) is 20.0 Å². The molecule has 0 fully saturated rings. The van der Waals surface area contributed by atoms with Crippen LogP contribution in [0.25, 0.3) is 0 Å². The number of hydrogen-bond acceptors (Lipinski definition) is 5. The van der Waals surface area contributed by atoms with Crippen LogP contribution in [0.1, 0.15) is 29.8 Å². The summed E-state index contributed by atoms with van der Waals surface area (Å²) in [4.78, 5) is 23.4. The number of halogens is 1. The first-order valence-corrected chi connectivity index (χ1v) is 8.34. The van der Waals surface area contributed by atoms with Crippen molar-refractivity contribution >= 4 is 29.7 Å². The molecule has 1 N–H and O–H groups in total. The molecule has 2 aromatic rings. The Hall–Kier alpha value is -2.86. The van der Waals surface area contributed by atoms with Crippen LogP contribution in [0.15, 0.2) is 53.6 Å². The fourth-order valence-electron chi connectivity index (χ4n) is 1.96. The van der Waals surface area contributed by atoms with Crippen molar-refractivity contribution in [3.8, 4) is 5.75 Å². The van der Waals surface area contributed by atoms with Gasteiger partial charge in [0.05, 0.1) is 22.9 Å². The van der Waals surface area contributed by atoms with Gasteiger partial charge in [0.15, 0.2) is 6.61 Å². The van der Waals surface area contributed by atoms with Crippen LogP contribution < -0.4 is 10.2 Å². The summed E-state index contributed by atoms with van der Waals surface area (Å²) in [7, 11) is 0. The molecule has 6 nitrogen and oxygen atoms in total. The van der Waals surface area contributed by atoms with E-state index in [-0.39, 0.29) is 12.7 Å². The van der Waals surface area contributed by atoms with Gasteiger partial charge in [0.1, 0.15) is 5.75 Å². The lowest BCUT2D eigenvalue weighted by atomic mass is 10.2. The highest BCUT2D eigenvalue weighted by atomic mass is 35.5. The Morgan fingerprint density at radius 1 is 1.15 bits per heavy atom. The average molecular weight is 375 g/mol. The first kappa shape index (κ1) is 19.5. The Bertz CT molecular complexity index is 788. The monoisotopic (exact) mass is 374 g/mol. The summed E-state index contributed by atoms with van der Waals surface area (Å²) in [6.07, 6.45) is 1.32. The highest BCUT2D eigenvalue weighted by molar-refractivity contribution is 6.33. The zero-order chi connectivity index (χ0) is 18.9. The third-order valence-corrected chi connectivity index (χ3v) is 3.43. The fourth-order valence-corrected chi connectivity index (χ4v) is 2.18. The standard InChI is InChI=1S/C19H19ClN2O4/c1-13(2)26-18(23)12-25-15-9-7-14(8-10-15)11-21-22-19(24)16-5-3-4-6-17(16)20/h3-11,13H,12H2,1-2H3,(H,22,24)/b21-11-. The predicted octanol–water partition coefficient (Wildman–Crippen LogP) is 3.43. The highest BCUT2D eigenvalue weighted by Gasteiger charge is 2.08. The molecule has 0 aliphatic carbocycles. The number of hydrogen-bond donors (Lipinski definition) is 1. The van der Waals surface area contributed by atoms with Crippen molar-refractivity contribution in [2.75, 3.05) is 6.61 Å². The smallest absolute Gasteiger partial charge is 0.344 e. The minimum absolute atomic E-state index is 0.153. The van der Waals surface area contributed by atoms with Gasteiger partial charge >= 0.3 is 5.97 Å². The molecule has 0 spiro atoms. The van der Waals surface area contributed by atoms with Gasteiger partial charge in [0.2, 0.25) is 0 Å². The first-order chi connectivity index (χ1) is 12.5. The van der Waals surface area contributed by atoms with Crippen LogP contribution in [0.3, 0.4) is 0 Å². The summed E-state index contributed by atoms with van der Waals surface area (Å²) in [6, 6.07) is 13.6.